The molecule has 1 aliphatic carbocycles. The van der Waals surface area contributed by atoms with Gasteiger partial charge in [0.1, 0.15) is 0 Å². The summed E-state index contributed by atoms with van der Waals surface area (Å²) >= 11 is 0. The normalized spacial score (nSPS) is 26.2. The van der Waals surface area contributed by atoms with Crippen molar-refractivity contribution in [2.45, 2.75) is 76.7 Å². The minimum Gasteiger partial charge on any atom is -0.393 e. The van der Waals surface area contributed by atoms with Gasteiger partial charge in [0.2, 0.25) is 5.92 Å². The van der Waals surface area contributed by atoms with Crippen molar-refractivity contribution >= 4 is 0 Å². The first kappa shape index (κ1) is 13.9. The molecular weight excluding hydrogens is 210 g/mol. The Kier molecular flexibility index (Phi) is 5.67. The molecule has 0 heterocycles. The van der Waals surface area contributed by atoms with Crippen molar-refractivity contribution < 1.29 is 13.9 Å². The smallest absolute Gasteiger partial charge is 0.248 e. The molecule has 1 N–H and O–H groups in total. The highest BCUT2D eigenvalue weighted by Gasteiger charge is 2.28. The number of aliphatic hydroxyl groups is 1. The number of aliphatic hydroxyl groups excluding tert-OH is 1. The molecule has 1 saturated carbocycles. The fourth-order valence-electron chi connectivity index (χ4n) is 2.52. The molecule has 0 aromatic carbocycles. The molecule has 1 aliphatic rings. The van der Waals surface area contributed by atoms with Crippen LogP contribution in [0.5, 0.6) is 0 Å². The Bertz CT molecular complexity index is 194. The van der Waals surface area contributed by atoms with Gasteiger partial charge in [0, 0.05) is 12.8 Å². The molecule has 0 spiro atoms. The van der Waals surface area contributed by atoms with Gasteiger partial charge in [0.15, 0.2) is 0 Å². The molecule has 3 heteroatoms. The van der Waals surface area contributed by atoms with Crippen LogP contribution in [0.1, 0.15) is 64.7 Å². The Morgan fingerprint density at radius 2 is 1.88 bits per heavy atom. The van der Waals surface area contributed by atoms with Crippen molar-refractivity contribution in [3.8, 4) is 0 Å². The topological polar surface area (TPSA) is 20.2 Å². The summed E-state index contributed by atoms with van der Waals surface area (Å²) in [6, 6.07) is 0. The van der Waals surface area contributed by atoms with Crippen molar-refractivity contribution in [1.82, 2.24) is 0 Å². The van der Waals surface area contributed by atoms with Crippen LogP contribution in [0.4, 0.5) is 8.78 Å². The molecule has 0 amide bonds. The van der Waals surface area contributed by atoms with Gasteiger partial charge < -0.3 is 5.11 Å². The SMILES string of the molecule is CCCCC(F)(F)CCC[C@H]1CCC(O)C1. The van der Waals surface area contributed by atoms with Gasteiger partial charge in [-0.2, -0.15) is 0 Å². The number of unbranched alkanes of at least 4 members (excludes halogenated alkanes) is 1. The van der Waals surface area contributed by atoms with Crippen LogP contribution in [0.25, 0.3) is 0 Å². The van der Waals surface area contributed by atoms with Crippen LogP contribution in [0.15, 0.2) is 0 Å². The number of hydrogen-bond acceptors (Lipinski definition) is 1. The lowest BCUT2D eigenvalue weighted by Crippen LogP contribution is -2.16. The minimum atomic E-state index is -2.47. The molecular formula is C13H24F2O. The van der Waals surface area contributed by atoms with E-state index in [0.29, 0.717) is 18.8 Å². The van der Waals surface area contributed by atoms with Gasteiger partial charge >= 0.3 is 0 Å². The van der Waals surface area contributed by atoms with E-state index >= 15 is 0 Å². The molecule has 96 valence electrons. The second kappa shape index (κ2) is 6.53. The Morgan fingerprint density at radius 1 is 1.19 bits per heavy atom. The Morgan fingerprint density at radius 3 is 2.44 bits per heavy atom. The Balaban J connectivity index is 2.09. The molecule has 0 aliphatic heterocycles. The highest BCUT2D eigenvalue weighted by molar-refractivity contribution is 4.75. The molecule has 1 fully saturated rings. The van der Waals surface area contributed by atoms with Crippen molar-refractivity contribution in [2.24, 2.45) is 5.92 Å². The lowest BCUT2D eigenvalue weighted by Gasteiger charge is -2.17. The molecule has 2 atom stereocenters. The van der Waals surface area contributed by atoms with E-state index in [1.54, 1.807) is 0 Å². The highest BCUT2D eigenvalue weighted by Crippen LogP contribution is 2.33. The zero-order valence-electron chi connectivity index (χ0n) is 10.2. The van der Waals surface area contributed by atoms with E-state index in [2.05, 4.69) is 0 Å². The third kappa shape index (κ3) is 5.24. The van der Waals surface area contributed by atoms with Gasteiger partial charge in [0.05, 0.1) is 6.10 Å². The monoisotopic (exact) mass is 234 g/mol. The first-order valence-electron chi connectivity index (χ1n) is 6.59. The van der Waals surface area contributed by atoms with E-state index in [4.69, 9.17) is 0 Å². The molecule has 0 radical (unpaired) electrons. The first-order chi connectivity index (χ1) is 7.53. The van der Waals surface area contributed by atoms with Crippen LogP contribution in [-0.4, -0.2) is 17.1 Å². The maximum absolute atomic E-state index is 13.3. The fourth-order valence-corrected chi connectivity index (χ4v) is 2.52. The van der Waals surface area contributed by atoms with Crippen LogP contribution >= 0.6 is 0 Å². The standard InChI is InChI=1S/C13H24F2O/c1-2-3-8-13(14,15)9-4-5-11-6-7-12(16)10-11/h11-12,16H,2-10H2,1H3/t11-,12?/m0/s1. The number of halogens is 2. The van der Waals surface area contributed by atoms with Crippen LogP contribution in [0, 0.1) is 5.92 Å². The van der Waals surface area contributed by atoms with Crippen LogP contribution < -0.4 is 0 Å². The van der Waals surface area contributed by atoms with Gasteiger partial charge in [-0.1, -0.05) is 19.8 Å². The van der Waals surface area contributed by atoms with E-state index in [9.17, 15) is 13.9 Å². The number of rotatable bonds is 7. The van der Waals surface area contributed by atoms with Gasteiger partial charge in [-0.3, -0.25) is 0 Å². The second-order valence-corrected chi connectivity index (χ2v) is 5.18. The van der Waals surface area contributed by atoms with E-state index in [0.717, 1.165) is 32.1 Å². The summed E-state index contributed by atoms with van der Waals surface area (Å²) in [5.41, 5.74) is 0. The van der Waals surface area contributed by atoms with Gasteiger partial charge in [-0.25, -0.2) is 8.78 Å². The summed E-state index contributed by atoms with van der Waals surface area (Å²) in [6.07, 6.45) is 5.51. The molecule has 1 rings (SSSR count). The van der Waals surface area contributed by atoms with Crippen LogP contribution in [0.3, 0.4) is 0 Å². The average Bonchev–Trinajstić information content (AvgIpc) is 2.61. The van der Waals surface area contributed by atoms with Crippen molar-refractivity contribution in [3.63, 3.8) is 0 Å². The average molecular weight is 234 g/mol. The number of alkyl halides is 2. The molecule has 1 nitrogen and oxygen atoms in total. The lowest BCUT2D eigenvalue weighted by molar-refractivity contribution is -0.0210. The lowest BCUT2D eigenvalue weighted by atomic mass is 9.97. The zero-order chi connectivity index (χ0) is 12.0. The maximum atomic E-state index is 13.3. The summed E-state index contributed by atoms with van der Waals surface area (Å²) in [6.45, 7) is 1.94. The predicted octanol–water partition coefficient (Wildman–Crippen LogP) is 4.14. The number of hydrogen-bond donors (Lipinski definition) is 1. The molecule has 0 aromatic rings. The van der Waals surface area contributed by atoms with Gasteiger partial charge in [-0.05, 0) is 38.0 Å². The predicted molar refractivity (Wildman–Crippen MR) is 61.7 cm³/mol. The van der Waals surface area contributed by atoms with Crippen LogP contribution in [-0.2, 0) is 0 Å². The second-order valence-electron chi connectivity index (χ2n) is 5.18. The van der Waals surface area contributed by atoms with Crippen molar-refractivity contribution in [3.05, 3.63) is 0 Å². The van der Waals surface area contributed by atoms with Gasteiger partial charge in [-0.15, -0.1) is 0 Å². The summed E-state index contributed by atoms with van der Waals surface area (Å²) in [5.74, 6) is -1.98. The van der Waals surface area contributed by atoms with E-state index in [1.165, 1.54) is 0 Å². The third-order valence-corrected chi connectivity index (χ3v) is 3.56. The summed E-state index contributed by atoms with van der Waals surface area (Å²) in [4.78, 5) is 0. The van der Waals surface area contributed by atoms with E-state index < -0.39 is 5.92 Å². The molecule has 0 saturated heterocycles. The van der Waals surface area contributed by atoms with Gasteiger partial charge in [0.25, 0.3) is 0 Å². The highest BCUT2D eigenvalue weighted by atomic mass is 19.3. The Labute approximate surface area is 97.2 Å². The zero-order valence-corrected chi connectivity index (χ0v) is 10.2. The third-order valence-electron chi connectivity index (χ3n) is 3.56. The van der Waals surface area contributed by atoms with E-state index in [1.807, 2.05) is 6.92 Å². The summed E-state index contributed by atoms with van der Waals surface area (Å²) in [5, 5.41) is 9.33. The minimum absolute atomic E-state index is 0.0274. The summed E-state index contributed by atoms with van der Waals surface area (Å²) < 4.78 is 26.6. The Hall–Kier alpha value is -0.180. The molecule has 0 bridgehead atoms. The van der Waals surface area contributed by atoms with Crippen molar-refractivity contribution in [2.75, 3.05) is 0 Å². The fraction of sp³-hybridized carbons (Fsp3) is 1.00. The maximum Gasteiger partial charge on any atom is 0.248 e. The molecule has 16 heavy (non-hydrogen) atoms. The van der Waals surface area contributed by atoms with Crippen LogP contribution in [0.2, 0.25) is 0 Å². The quantitative estimate of drug-likeness (QED) is 0.701. The van der Waals surface area contributed by atoms with Crippen molar-refractivity contribution in [1.29, 1.82) is 0 Å². The van der Waals surface area contributed by atoms with E-state index in [-0.39, 0.29) is 18.9 Å². The molecule has 0 aromatic heterocycles. The molecule has 1 unspecified atom stereocenters. The largest absolute Gasteiger partial charge is 0.393 e. The summed E-state index contributed by atoms with van der Waals surface area (Å²) in [7, 11) is 0. The first-order valence-corrected chi connectivity index (χ1v) is 6.59.